The molecule has 1 aliphatic rings. The van der Waals surface area contributed by atoms with E-state index in [1.165, 1.54) is 5.56 Å². The van der Waals surface area contributed by atoms with Crippen molar-refractivity contribution >= 4 is 17.5 Å². The third kappa shape index (κ3) is 3.60. The van der Waals surface area contributed by atoms with E-state index in [-0.39, 0.29) is 0 Å². The van der Waals surface area contributed by atoms with Crippen molar-refractivity contribution in [3.05, 3.63) is 64.7 Å². The molecule has 4 rings (SSSR count). The molecular weight excluding hydrogens is 336 g/mol. The summed E-state index contributed by atoms with van der Waals surface area (Å²) in [6.45, 7) is 2.55. The molecule has 0 atom stereocenters. The lowest BCUT2D eigenvalue weighted by Crippen LogP contribution is -2.31. The third-order valence-corrected chi connectivity index (χ3v) is 4.50. The van der Waals surface area contributed by atoms with Gasteiger partial charge in [-0.05, 0) is 24.3 Å². The first-order valence-electron chi connectivity index (χ1n) is 8.07. The number of nitrogens with zero attached hydrogens (tertiary/aromatic N) is 5. The van der Waals surface area contributed by atoms with Gasteiger partial charge in [-0.3, -0.25) is 4.90 Å². The molecule has 3 heterocycles. The van der Waals surface area contributed by atoms with Crippen LogP contribution in [-0.2, 0) is 19.5 Å². The second-order valence-electron chi connectivity index (χ2n) is 6.08. The molecule has 0 radical (unpaired) electrons. The van der Waals surface area contributed by atoms with Crippen LogP contribution in [0.4, 0.5) is 5.95 Å². The van der Waals surface area contributed by atoms with E-state index in [9.17, 15) is 0 Å². The lowest BCUT2D eigenvalue weighted by molar-refractivity contribution is 0.242. The highest BCUT2D eigenvalue weighted by molar-refractivity contribution is 6.30. The standard InChI is InChI=1S/C18H17ClN6/c19-15-3-1-13(2-4-15)17-21-9-14-11-25(6-5-16(14)24-17)10-12-7-22-18(20)23-8-12/h1-4,7-9H,5-6,10-11H2,(H2,20,22,23). The first-order chi connectivity index (χ1) is 12.2. The van der Waals surface area contributed by atoms with Gasteiger partial charge in [0, 0.05) is 66.4 Å². The summed E-state index contributed by atoms with van der Waals surface area (Å²) in [6, 6.07) is 7.60. The molecule has 0 aliphatic carbocycles. The summed E-state index contributed by atoms with van der Waals surface area (Å²) in [5.74, 6) is 1.05. The molecule has 1 aliphatic heterocycles. The van der Waals surface area contributed by atoms with Crippen molar-refractivity contribution in [1.82, 2.24) is 24.8 Å². The average molecular weight is 353 g/mol. The molecular formula is C18H17ClN6. The summed E-state index contributed by atoms with van der Waals surface area (Å²) in [4.78, 5) is 19.7. The Morgan fingerprint density at radius 1 is 1.04 bits per heavy atom. The van der Waals surface area contributed by atoms with E-state index in [2.05, 4.69) is 19.9 Å². The summed E-state index contributed by atoms with van der Waals surface area (Å²) >= 11 is 5.94. The Balaban J connectivity index is 1.50. The van der Waals surface area contributed by atoms with Gasteiger partial charge in [-0.25, -0.2) is 19.9 Å². The summed E-state index contributed by atoms with van der Waals surface area (Å²) in [7, 11) is 0. The number of halogens is 1. The van der Waals surface area contributed by atoms with Gasteiger partial charge >= 0.3 is 0 Å². The molecule has 2 aromatic heterocycles. The van der Waals surface area contributed by atoms with Gasteiger partial charge in [-0.15, -0.1) is 0 Å². The van der Waals surface area contributed by atoms with Crippen LogP contribution in [0.5, 0.6) is 0 Å². The van der Waals surface area contributed by atoms with Crippen LogP contribution in [-0.4, -0.2) is 31.4 Å². The monoisotopic (exact) mass is 352 g/mol. The van der Waals surface area contributed by atoms with E-state index < -0.39 is 0 Å². The van der Waals surface area contributed by atoms with Crippen molar-refractivity contribution in [3.63, 3.8) is 0 Å². The molecule has 0 saturated heterocycles. The number of anilines is 1. The summed E-state index contributed by atoms with van der Waals surface area (Å²) < 4.78 is 0. The molecule has 0 unspecified atom stereocenters. The van der Waals surface area contributed by atoms with E-state index in [0.717, 1.165) is 48.7 Å². The smallest absolute Gasteiger partial charge is 0.219 e. The lowest BCUT2D eigenvalue weighted by atomic mass is 10.1. The van der Waals surface area contributed by atoms with E-state index in [4.69, 9.17) is 22.3 Å². The SMILES string of the molecule is Nc1ncc(CN2CCc3nc(-c4ccc(Cl)cc4)ncc3C2)cn1. The Hall–Kier alpha value is -2.57. The third-order valence-electron chi connectivity index (χ3n) is 4.25. The number of nitrogen functional groups attached to an aromatic ring is 1. The highest BCUT2D eigenvalue weighted by Crippen LogP contribution is 2.23. The van der Waals surface area contributed by atoms with Crippen molar-refractivity contribution in [1.29, 1.82) is 0 Å². The van der Waals surface area contributed by atoms with Crippen molar-refractivity contribution in [2.45, 2.75) is 19.5 Å². The predicted octanol–water partition coefficient (Wildman–Crippen LogP) is 2.73. The maximum Gasteiger partial charge on any atom is 0.219 e. The molecule has 6 nitrogen and oxygen atoms in total. The number of benzene rings is 1. The highest BCUT2D eigenvalue weighted by Gasteiger charge is 2.19. The minimum absolute atomic E-state index is 0.302. The van der Waals surface area contributed by atoms with E-state index in [1.54, 1.807) is 12.4 Å². The van der Waals surface area contributed by atoms with Gasteiger partial charge in [0.1, 0.15) is 0 Å². The van der Waals surface area contributed by atoms with Crippen LogP contribution < -0.4 is 5.73 Å². The number of fused-ring (bicyclic) bond motifs is 1. The minimum atomic E-state index is 0.302. The Kier molecular flexibility index (Phi) is 4.29. The van der Waals surface area contributed by atoms with Gasteiger partial charge in [0.05, 0.1) is 5.69 Å². The van der Waals surface area contributed by atoms with Crippen molar-refractivity contribution in [2.24, 2.45) is 0 Å². The zero-order valence-corrected chi connectivity index (χ0v) is 14.3. The number of rotatable bonds is 3. The second kappa shape index (κ2) is 6.74. The molecule has 25 heavy (non-hydrogen) atoms. The van der Waals surface area contributed by atoms with Gasteiger partial charge < -0.3 is 5.73 Å². The van der Waals surface area contributed by atoms with Gasteiger partial charge in [-0.1, -0.05) is 11.6 Å². The van der Waals surface area contributed by atoms with Crippen LogP contribution in [0.3, 0.4) is 0 Å². The van der Waals surface area contributed by atoms with Gasteiger partial charge in [0.2, 0.25) is 5.95 Å². The Labute approximate surface area is 150 Å². The molecule has 0 fully saturated rings. The fourth-order valence-corrected chi connectivity index (χ4v) is 3.08. The normalized spacial score (nSPS) is 14.3. The maximum absolute atomic E-state index is 5.94. The molecule has 3 aromatic rings. The van der Waals surface area contributed by atoms with E-state index in [1.807, 2.05) is 30.5 Å². The predicted molar refractivity (Wildman–Crippen MR) is 96.7 cm³/mol. The number of hydrogen-bond acceptors (Lipinski definition) is 6. The van der Waals surface area contributed by atoms with Gasteiger partial charge in [0.25, 0.3) is 0 Å². The zero-order valence-electron chi connectivity index (χ0n) is 13.6. The molecule has 0 bridgehead atoms. The summed E-state index contributed by atoms with van der Waals surface area (Å²) in [5.41, 5.74) is 9.85. The molecule has 0 amide bonds. The second-order valence-corrected chi connectivity index (χ2v) is 6.52. The quantitative estimate of drug-likeness (QED) is 0.780. The van der Waals surface area contributed by atoms with Crippen LogP contribution in [0.25, 0.3) is 11.4 Å². The fourth-order valence-electron chi connectivity index (χ4n) is 2.95. The highest BCUT2D eigenvalue weighted by atomic mass is 35.5. The van der Waals surface area contributed by atoms with Crippen LogP contribution in [0.2, 0.25) is 5.02 Å². The van der Waals surface area contributed by atoms with Crippen molar-refractivity contribution < 1.29 is 0 Å². The van der Waals surface area contributed by atoms with E-state index in [0.29, 0.717) is 11.0 Å². The molecule has 1 aromatic carbocycles. The first kappa shape index (κ1) is 15.9. The average Bonchev–Trinajstić information content (AvgIpc) is 2.64. The fraction of sp³-hybridized carbons (Fsp3) is 0.222. The van der Waals surface area contributed by atoms with Gasteiger partial charge in [0.15, 0.2) is 5.82 Å². The molecule has 0 saturated carbocycles. The lowest BCUT2D eigenvalue weighted by Gasteiger charge is -2.27. The largest absolute Gasteiger partial charge is 0.368 e. The minimum Gasteiger partial charge on any atom is -0.368 e. The molecule has 126 valence electrons. The summed E-state index contributed by atoms with van der Waals surface area (Å²) in [5, 5.41) is 0.712. The van der Waals surface area contributed by atoms with E-state index >= 15 is 0 Å². The Morgan fingerprint density at radius 3 is 2.56 bits per heavy atom. The van der Waals surface area contributed by atoms with Crippen LogP contribution in [0, 0.1) is 0 Å². The van der Waals surface area contributed by atoms with Gasteiger partial charge in [-0.2, -0.15) is 0 Å². The number of aromatic nitrogens is 4. The topological polar surface area (TPSA) is 80.8 Å². The van der Waals surface area contributed by atoms with Crippen LogP contribution in [0.1, 0.15) is 16.8 Å². The molecule has 2 N–H and O–H groups in total. The first-order valence-corrected chi connectivity index (χ1v) is 8.44. The number of hydrogen-bond donors (Lipinski definition) is 1. The van der Waals surface area contributed by atoms with Crippen LogP contribution >= 0.6 is 11.6 Å². The molecule has 0 spiro atoms. The Morgan fingerprint density at radius 2 is 1.80 bits per heavy atom. The maximum atomic E-state index is 5.94. The molecule has 7 heteroatoms. The number of nitrogens with two attached hydrogens (primary N) is 1. The Bertz CT molecular complexity index is 879. The van der Waals surface area contributed by atoms with Crippen LogP contribution in [0.15, 0.2) is 42.9 Å². The van der Waals surface area contributed by atoms with Crippen molar-refractivity contribution in [3.8, 4) is 11.4 Å². The van der Waals surface area contributed by atoms with Crippen molar-refractivity contribution in [2.75, 3.05) is 12.3 Å². The summed E-state index contributed by atoms with van der Waals surface area (Å²) in [6.07, 6.45) is 6.38. The zero-order chi connectivity index (χ0) is 17.2.